The number of aryl methyl sites for hydroxylation is 2. The molecular formula is C13H13N3OS. The van der Waals surface area contributed by atoms with Crippen molar-refractivity contribution in [2.45, 2.75) is 20.4 Å². The highest BCUT2D eigenvalue weighted by molar-refractivity contribution is 7.18. The summed E-state index contributed by atoms with van der Waals surface area (Å²) in [6.07, 6.45) is 5.01. The van der Waals surface area contributed by atoms with E-state index in [9.17, 15) is 0 Å². The van der Waals surface area contributed by atoms with E-state index in [-0.39, 0.29) is 0 Å². The summed E-state index contributed by atoms with van der Waals surface area (Å²) in [7, 11) is 0. The fourth-order valence-electron chi connectivity index (χ4n) is 1.90. The number of nitrogens with one attached hydrogen (secondary N) is 1. The van der Waals surface area contributed by atoms with Gasteiger partial charge in [-0.15, -0.1) is 11.3 Å². The van der Waals surface area contributed by atoms with Crippen molar-refractivity contribution in [2.24, 2.45) is 0 Å². The van der Waals surface area contributed by atoms with Gasteiger partial charge in [0, 0.05) is 17.0 Å². The van der Waals surface area contributed by atoms with Gasteiger partial charge in [-0.25, -0.2) is 9.97 Å². The van der Waals surface area contributed by atoms with Crippen LogP contribution < -0.4 is 5.32 Å². The van der Waals surface area contributed by atoms with Gasteiger partial charge in [0.2, 0.25) is 0 Å². The first-order chi connectivity index (χ1) is 8.75. The number of hydrogen-bond acceptors (Lipinski definition) is 5. The molecule has 18 heavy (non-hydrogen) atoms. The molecule has 0 aliphatic heterocycles. The molecule has 0 aromatic carbocycles. The lowest BCUT2D eigenvalue weighted by molar-refractivity contribution is 0.564. The number of aromatic nitrogens is 2. The number of anilines is 1. The minimum Gasteiger partial charge on any atom is -0.472 e. The Balaban J connectivity index is 1.96. The van der Waals surface area contributed by atoms with Gasteiger partial charge in [-0.05, 0) is 25.5 Å². The molecule has 0 amide bonds. The lowest BCUT2D eigenvalue weighted by Crippen LogP contribution is -2.01. The molecule has 3 heterocycles. The topological polar surface area (TPSA) is 51.0 Å². The Morgan fingerprint density at radius 1 is 1.33 bits per heavy atom. The quantitative estimate of drug-likeness (QED) is 0.782. The Bertz CT molecular complexity index is 673. The van der Waals surface area contributed by atoms with E-state index in [1.165, 1.54) is 10.4 Å². The van der Waals surface area contributed by atoms with E-state index < -0.39 is 0 Å². The second-order valence-electron chi connectivity index (χ2n) is 4.17. The van der Waals surface area contributed by atoms with Gasteiger partial charge < -0.3 is 9.73 Å². The highest BCUT2D eigenvalue weighted by Crippen LogP contribution is 2.32. The molecule has 3 aromatic heterocycles. The molecule has 0 aliphatic carbocycles. The van der Waals surface area contributed by atoms with Crippen LogP contribution in [0.4, 0.5) is 5.82 Å². The number of fused-ring (bicyclic) bond motifs is 1. The fourth-order valence-corrected chi connectivity index (χ4v) is 2.89. The van der Waals surface area contributed by atoms with Crippen LogP contribution in [-0.2, 0) is 6.54 Å². The molecule has 0 radical (unpaired) electrons. The predicted molar refractivity (Wildman–Crippen MR) is 72.9 cm³/mol. The first kappa shape index (κ1) is 11.2. The molecule has 0 aliphatic rings. The summed E-state index contributed by atoms with van der Waals surface area (Å²) in [4.78, 5) is 11.0. The monoisotopic (exact) mass is 259 g/mol. The molecule has 0 fully saturated rings. The van der Waals surface area contributed by atoms with E-state index in [0.717, 1.165) is 21.6 Å². The molecule has 4 nitrogen and oxygen atoms in total. The molecule has 92 valence electrons. The van der Waals surface area contributed by atoms with E-state index in [4.69, 9.17) is 4.42 Å². The Morgan fingerprint density at radius 3 is 3.00 bits per heavy atom. The molecule has 0 atom stereocenters. The van der Waals surface area contributed by atoms with Crippen LogP contribution >= 0.6 is 11.3 Å². The summed E-state index contributed by atoms with van der Waals surface area (Å²) in [5.74, 6) is 0.892. The average Bonchev–Trinajstić information content (AvgIpc) is 2.97. The summed E-state index contributed by atoms with van der Waals surface area (Å²) in [6, 6.07) is 1.94. The Hall–Kier alpha value is -1.88. The summed E-state index contributed by atoms with van der Waals surface area (Å²) >= 11 is 1.71. The lowest BCUT2D eigenvalue weighted by Gasteiger charge is -2.05. The van der Waals surface area contributed by atoms with E-state index in [0.29, 0.717) is 6.54 Å². The zero-order chi connectivity index (χ0) is 12.5. The molecular weight excluding hydrogens is 246 g/mol. The second kappa shape index (κ2) is 4.42. The SMILES string of the molecule is Cc1sc2ncnc(NCc3ccoc3)c2c1C. The van der Waals surface area contributed by atoms with Gasteiger partial charge in [-0.2, -0.15) is 0 Å². The number of thiophene rings is 1. The van der Waals surface area contributed by atoms with E-state index in [2.05, 4.69) is 29.1 Å². The predicted octanol–water partition coefficient (Wildman–Crippen LogP) is 3.51. The third-order valence-corrected chi connectivity index (χ3v) is 4.12. The number of rotatable bonds is 3. The summed E-state index contributed by atoms with van der Waals surface area (Å²) in [6.45, 7) is 4.93. The van der Waals surface area contributed by atoms with Crippen LogP contribution in [0.3, 0.4) is 0 Å². The third-order valence-electron chi connectivity index (χ3n) is 3.01. The average molecular weight is 259 g/mol. The minimum absolute atomic E-state index is 0.705. The second-order valence-corrected chi connectivity index (χ2v) is 5.37. The molecule has 3 rings (SSSR count). The zero-order valence-corrected chi connectivity index (χ0v) is 11.0. The van der Waals surface area contributed by atoms with Gasteiger partial charge in [0.15, 0.2) is 0 Å². The van der Waals surface area contributed by atoms with Crippen LogP contribution in [0.1, 0.15) is 16.0 Å². The van der Waals surface area contributed by atoms with Crippen LogP contribution in [0, 0.1) is 13.8 Å². The van der Waals surface area contributed by atoms with Crippen LogP contribution in [0.25, 0.3) is 10.2 Å². The van der Waals surface area contributed by atoms with Crippen molar-refractivity contribution >= 4 is 27.4 Å². The van der Waals surface area contributed by atoms with Crippen molar-refractivity contribution in [3.63, 3.8) is 0 Å². The first-order valence-corrected chi connectivity index (χ1v) is 6.53. The van der Waals surface area contributed by atoms with Gasteiger partial charge in [0.1, 0.15) is 17.0 Å². The molecule has 5 heteroatoms. The maximum Gasteiger partial charge on any atom is 0.138 e. The first-order valence-electron chi connectivity index (χ1n) is 5.71. The summed E-state index contributed by atoms with van der Waals surface area (Å²) < 4.78 is 5.05. The van der Waals surface area contributed by atoms with Crippen molar-refractivity contribution in [1.29, 1.82) is 0 Å². The number of nitrogens with zero attached hydrogens (tertiary/aromatic N) is 2. The molecule has 0 spiro atoms. The van der Waals surface area contributed by atoms with Crippen molar-refractivity contribution < 1.29 is 4.42 Å². The maximum atomic E-state index is 5.05. The Kier molecular flexibility index (Phi) is 2.76. The van der Waals surface area contributed by atoms with Crippen molar-refractivity contribution in [1.82, 2.24) is 9.97 Å². The zero-order valence-electron chi connectivity index (χ0n) is 10.2. The van der Waals surface area contributed by atoms with Gasteiger partial charge in [0.05, 0.1) is 17.9 Å². The molecule has 1 N–H and O–H groups in total. The van der Waals surface area contributed by atoms with Gasteiger partial charge in [-0.1, -0.05) is 0 Å². The van der Waals surface area contributed by atoms with Gasteiger partial charge in [-0.3, -0.25) is 0 Å². The summed E-state index contributed by atoms with van der Waals surface area (Å²) in [5, 5.41) is 4.47. The number of furan rings is 1. The third kappa shape index (κ3) is 1.86. The van der Waals surface area contributed by atoms with E-state index in [1.54, 1.807) is 30.2 Å². The van der Waals surface area contributed by atoms with Crippen LogP contribution in [0.5, 0.6) is 0 Å². The minimum atomic E-state index is 0.705. The van der Waals surface area contributed by atoms with Gasteiger partial charge in [0.25, 0.3) is 0 Å². The fraction of sp³-hybridized carbons (Fsp3) is 0.231. The van der Waals surface area contributed by atoms with Gasteiger partial charge >= 0.3 is 0 Å². The van der Waals surface area contributed by atoms with Crippen molar-refractivity contribution in [2.75, 3.05) is 5.32 Å². The van der Waals surface area contributed by atoms with Crippen LogP contribution in [0.2, 0.25) is 0 Å². The smallest absolute Gasteiger partial charge is 0.138 e. The Labute approximate surface area is 109 Å². The lowest BCUT2D eigenvalue weighted by atomic mass is 10.2. The molecule has 0 saturated carbocycles. The maximum absolute atomic E-state index is 5.05. The highest BCUT2D eigenvalue weighted by Gasteiger charge is 2.11. The highest BCUT2D eigenvalue weighted by atomic mass is 32.1. The molecule has 0 saturated heterocycles. The van der Waals surface area contributed by atoms with E-state index in [1.807, 2.05) is 6.07 Å². The van der Waals surface area contributed by atoms with Crippen molar-refractivity contribution in [3.8, 4) is 0 Å². The molecule has 3 aromatic rings. The summed E-state index contributed by atoms with van der Waals surface area (Å²) in [5.41, 5.74) is 2.36. The normalized spacial score (nSPS) is 11.0. The van der Waals surface area contributed by atoms with Crippen molar-refractivity contribution in [3.05, 3.63) is 40.9 Å². The molecule has 0 unspecified atom stereocenters. The van der Waals surface area contributed by atoms with Crippen LogP contribution in [-0.4, -0.2) is 9.97 Å². The Morgan fingerprint density at radius 2 is 2.22 bits per heavy atom. The largest absolute Gasteiger partial charge is 0.472 e. The van der Waals surface area contributed by atoms with E-state index >= 15 is 0 Å². The standard InChI is InChI=1S/C13H13N3OS/c1-8-9(2)18-13-11(8)12(15-7-16-13)14-5-10-3-4-17-6-10/h3-4,6-7H,5H2,1-2H3,(H,14,15,16). The van der Waals surface area contributed by atoms with Crippen LogP contribution in [0.15, 0.2) is 29.3 Å². The molecule has 0 bridgehead atoms. The number of hydrogen-bond donors (Lipinski definition) is 1.